The Bertz CT molecular complexity index is 747. The minimum Gasteiger partial charge on any atom is -0.508 e. The summed E-state index contributed by atoms with van der Waals surface area (Å²) in [7, 11) is 0. The number of aromatic hydroxyl groups is 2. The van der Waals surface area contributed by atoms with Crippen molar-refractivity contribution in [2.75, 3.05) is 6.61 Å². The second kappa shape index (κ2) is 5.09. The lowest BCUT2D eigenvalue weighted by atomic mass is 9.77. The van der Waals surface area contributed by atoms with Gasteiger partial charge in [0.2, 0.25) is 0 Å². The fourth-order valence-corrected chi connectivity index (χ4v) is 3.64. The molecular formula is C19H18O3. The van der Waals surface area contributed by atoms with Crippen molar-refractivity contribution >= 4 is 5.57 Å². The Morgan fingerprint density at radius 3 is 2.68 bits per heavy atom. The molecule has 112 valence electrons. The van der Waals surface area contributed by atoms with Crippen molar-refractivity contribution in [2.24, 2.45) is 0 Å². The molecular weight excluding hydrogens is 276 g/mol. The molecule has 2 aromatic carbocycles. The minimum absolute atomic E-state index is 0.0401. The Labute approximate surface area is 129 Å². The zero-order valence-corrected chi connectivity index (χ0v) is 12.2. The Hall–Kier alpha value is -2.42. The molecule has 0 saturated carbocycles. The smallest absolute Gasteiger partial charge is 0.134 e. The second-order valence-electron chi connectivity index (χ2n) is 6.06. The molecule has 3 heteroatoms. The summed E-state index contributed by atoms with van der Waals surface area (Å²) in [6.45, 7) is 0.550. The molecule has 1 unspecified atom stereocenters. The summed E-state index contributed by atoms with van der Waals surface area (Å²) >= 11 is 0. The minimum atomic E-state index is 0.0401. The van der Waals surface area contributed by atoms with Gasteiger partial charge in [0.05, 0.1) is 5.56 Å². The van der Waals surface area contributed by atoms with Crippen LogP contribution in [-0.4, -0.2) is 16.8 Å². The van der Waals surface area contributed by atoms with Crippen molar-refractivity contribution < 1.29 is 14.9 Å². The van der Waals surface area contributed by atoms with Gasteiger partial charge in [0.25, 0.3) is 0 Å². The van der Waals surface area contributed by atoms with Gasteiger partial charge in [0, 0.05) is 12.1 Å². The van der Waals surface area contributed by atoms with Crippen molar-refractivity contribution in [1.82, 2.24) is 0 Å². The summed E-state index contributed by atoms with van der Waals surface area (Å²) in [5.74, 6) is 1.26. The number of fused-ring (bicyclic) bond motifs is 2. The molecule has 0 fully saturated rings. The van der Waals surface area contributed by atoms with Crippen LogP contribution in [-0.2, 0) is 0 Å². The van der Waals surface area contributed by atoms with E-state index < -0.39 is 0 Å². The molecule has 0 saturated heterocycles. The molecule has 2 N–H and O–H groups in total. The van der Waals surface area contributed by atoms with Crippen molar-refractivity contribution in [3.8, 4) is 17.2 Å². The molecule has 0 radical (unpaired) electrons. The number of phenolic OH excluding ortho intramolecular Hbond substituents is 2. The molecule has 2 aromatic rings. The average molecular weight is 294 g/mol. The quantitative estimate of drug-likeness (QED) is 0.828. The van der Waals surface area contributed by atoms with Crippen LogP contribution in [0.4, 0.5) is 0 Å². The molecule has 1 atom stereocenters. The van der Waals surface area contributed by atoms with Gasteiger partial charge in [-0.25, -0.2) is 0 Å². The summed E-state index contributed by atoms with van der Waals surface area (Å²) < 4.78 is 5.76. The van der Waals surface area contributed by atoms with Crippen LogP contribution in [0, 0.1) is 0 Å². The monoisotopic (exact) mass is 294 g/mol. The summed E-state index contributed by atoms with van der Waals surface area (Å²) in [5, 5.41) is 19.8. The van der Waals surface area contributed by atoms with Crippen LogP contribution >= 0.6 is 0 Å². The largest absolute Gasteiger partial charge is 0.508 e. The molecule has 0 amide bonds. The van der Waals surface area contributed by atoms with Crippen LogP contribution in [0.15, 0.2) is 48.0 Å². The van der Waals surface area contributed by atoms with E-state index in [9.17, 15) is 10.2 Å². The lowest BCUT2D eigenvalue weighted by molar-refractivity contribution is 0.325. The molecule has 0 aromatic heterocycles. The third-order valence-corrected chi connectivity index (χ3v) is 4.70. The molecule has 1 aliphatic carbocycles. The third kappa shape index (κ3) is 2.13. The normalized spacial score (nSPS) is 20.1. The van der Waals surface area contributed by atoms with Crippen LogP contribution < -0.4 is 4.74 Å². The lowest BCUT2D eigenvalue weighted by Gasteiger charge is -2.32. The maximum absolute atomic E-state index is 10.2. The maximum Gasteiger partial charge on any atom is 0.134 e. The van der Waals surface area contributed by atoms with Crippen molar-refractivity contribution in [3.05, 3.63) is 59.2 Å². The number of rotatable bonds is 1. The number of hydrogen-bond acceptors (Lipinski definition) is 3. The summed E-state index contributed by atoms with van der Waals surface area (Å²) in [6, 6.07) is 13.6. The van der Waals surface area contributed by atoms with E-state index in [-0.39, 0.29) is 11.5 Å². The molecule has 3 nitrogen and oxygen atoms in total. The van der Waals surface area contributed by atoms with Gasteiger partial charge < -0.3 is 14.9 Å². The van der Waals surface area contributed by atoms with Crippen molar-refractivity contribution in [2.45, 2.75) is 25.2 Å². The topological polar surface area (TPSA) is 49.7 Å². The van der Waals surface area contributed by atoms with Gasteiger partial charge >= 0.3 is 0 Å². The number of allylic oxidation sites excluding steroid dienone is 1. The lowest BCUT2D eigenvalue weighted by Crippen LogP contribution is -2.18. The summed E-state index contributed by atoms with van der Waals surface area (Å²) in [5.41, 5.74) is 4.61. The first-order valence-electron chi connectivity index (χ1n) is 7.67. The highest BCUT2D eigenvalue weighted by molar-refractivity contribution is 5.80. The van der Waals surface area contributed by atoms with E-state index >= 15 is 0 Å². The Kier molecular flexibility index (Phi) is 3.07. The number of phenols is 2. The first-order chi connectivity index (χ1) is 10.7. The van der Waals surface area contributed by atoms with Gasteiger partial charge in [-0.1, -0.05) is 30.3 Å². The van der Waals surface area contributed by atoms with E-state index in [0.717, 1.165) is 24.8 Å². The van der Waals surface area contributed by atoms with Crippen LogP contribution in [0.2, 0.25) is 0 Å². The highest BCUT2D eigenvalue weighted by Gasteiger charge is 2.30. The van der Waals surface area contributed by atoms with Crippen molar-refractivity contribution in [1.29, 1.82) is 0 Å². The van der Waals surface area contributed by atoms with E-state index in [0.29, 0.717) is 18.3 Å². The van der Waals surface area contributed by atoms with Gasteiger partial charge in [0.1, 0.15) is 23.9 Å². The van der Waals surface area contributed by atoms with Crippen molar-refractivity contribution in [3.63, 3.8) is 0 Å². The zero-order valence-electron chi connectivity index (χ0n) is 12.2. The van der Waals surface area contributed by atoms with Gasteiger partial charge in [-0.2, -0.15) is 0 Å². The number of ether oxygens (including phenoxy) is 1. The highest BCUT2D eigenvalue weighted by atomic mass is 16.5. The number of benzene rings is 2. The molecule has 2 aliphatic rings. The number of hydrogen-bond donors (Lipinski definition) is 2. The van der Waals surface area contributed by atoms with Gasteiger partial charge in [0.15, 0.2) is 0 Å². The molecule has 0 bridgehead atoms. The molecule has 22 heavy (non-hydrogen) atoms. The highest BCUT2D eigenvalue weighted by Crippen LogP contribution is 2.49. The summed E-state index contributed by atoms with van der Waals surface area (Å²) in [4.78, 5) is 0. The van der Waals surface area contributed by atoms with E-state index in [1.165, 1.54) is 22.8 Å². The molecule has 1 heterocycles. The Balaban J connectivity index is 1.71. The Morgan fingerprint density at radius 2 is 1.86 bits per heavy atom. The average Bonchev–Trinajstić information content (AvgIpc) is 2.54. The predicted octanol–water partition coefficient (Wildman–Crippen LogP) is 4.21. The van der Waals surface area contributed by atoms with Gasteiger partial charge in [-0.3, -0.25) is 0 Å². The second-order valence-corrected chi connectivity index (χ2v) is 6.06. The standard InChI is InChI=1S/C19H18O3/c20-15-9-17(21)19-16-7-6-13(12-4-2-1-3-5-12)8-14(16)11-22-18(19)10-15/h1-5,9-10,13,20-21H,6-8,11H2. The van der Waals surface area contributed by atoms with Gasteiger partial charge in [-0.15, -0.1) is 0 Å². The molecule has 0 spiro atoms. The zero-order chi connectivity index (χ0) is 15.1. The Morgan fingerprint density at radius 1 is 1.05 bits per heavy atom. The van der Waals surface area contributed by atoms with Gasteiger partial charge in [-0.05, 0) is 41.9 Å². The fraction of sp³-hybridized carbons (Fsp3) is 0.263. The molecule has 4 rings (SSSR count). The van der Waals surface area contributed by atoms with Crippen LogP contribution in [0.3, 0.4) is 0 Å². The molecule has 1 aliphatic heterocycles. The van der Waals surface area contributed by atoms with E-state index in [1.807, 2.05) is 6.07 Å². The van der Waals surface area contributed by atoms with Crippen LogP contribution in [0.25, 0.3) is 5.57 Å². The fourth-order valence-electron chi connectivity index (χ4n) is 3.64. The van der Waals surface area contributed by atoms with E-state index in [2.05, 4.69) is 24.3 Å². The van der Waals surface area contributed by atoms with E-state index in [4.69, 9.17) is 4.74 Å². The van der Waals surface area contributed by atoms with Crippen LogP contribution in [0.1, 0.15) is 36.3 Å². The SMILES string of the molecule is Oc1cc(O)c2c(c1)OCC1=C2CCC(c2ccccc2)C1. The third-order valence-electron chi connectivity index (χ3n) is 4.70. The summed E-state index contributed by atoms with van der Waals surface area (Å²) in [6.07, 6.45) is 2.98. The first kappa shape index (κ1) is 13.3. The van der Waals surface area contributed by atoms with Crippen LogP contribution in [0.5, 0.6) is 17.2 Å². The first-order valence-corrected chi connectivity index (χ1v) is 7.67. The predicted molar refractivity (Wildman–Crippen MR) is 85.2 cm³/mol. The maximum atomic E-state index is 10.2. The van der Waals surface area contributed by atoms with E-state index in [1.54, 1.807) is 6.07 Å².